The predicted molar refractivity (Wildman–Crippen MR) is 116 cm³/mol. The fourth-order valence-corrected chi connectivity index (χ4v) is 3.10. The SMILES string of the molecule is O=CNc1ccc(Oc2cccnc2)cc1.[HH].c1cncc(CN2CCCCC2)c1. The lowest BCUT2D eigenvalue weighted by molar-refractivity contribution is -0.105. The topological polar surface area (TPSA) is 67.3 Å². The number of nitrogens with zero attached hydrogens (tertiary/aromatic N) is 3. The molecule has 1 saturated heterocycles. The zero-order valence-corrected chi connectivity index (χ0v) is 16.4. The van der Waals surface area contributed by atoms with Gasteiger partial charge in [-0.05, 0) is 74.0 Å². The molecule has 0 aliphatic carbocycles. The Kier molecular flexibility index (Phi) is 8.17. The average Bonchev–Trinajstić information content (AvgIpc) is 2.78. The van der Waals surface area contributed by atoms with Crippen molar-refractivity contribution in [1.29, 1.82) is 0 Å². The van der Waals surface area contributed by atoms with E-state index in [1.54, 1.807) is 42.7 Å². The number of likely N-dealkylation sites (tertiary alicyclic amines) is 1. The summed E-state index contributed by atoms with van der Waals surface area (Å²) in [5.74, 6) is 1.38. The zero-order chi connectivity index (χ0) is 20.2. The van der Waals surface area contributed by atoms with Crippen molar-refractivity contribution in [3.05, 3.63) is 78.9 Å². The number of carbonyl (C=O) groups excluding carboxylic acids is 1. The van der Waals surface area contributed by atoms with Gasteiger partial charge in [-0.25, -0.2) is 0 Å². The van der Waals surface area contributed by atoms with E-state index in [2.05, 4.69) is 26.3 Å². The van der Waals surface area contributed by atoms with Crippen molar-refractivity contribution < 1.29 is 11.0 Å². The highest BCUT2D eigenvalue weighted by Crippen LogP contribution is 2.21. The van der Waals surface area contributed by atoms with E-state index in [0.717, 1.165) is 12.2 Å². The molecule has 1 aromatic carbocycles. The Hall–Kier alpha value is -3.25. The Balaban J connectivity index is 0.000000211. The van der Waals surface area contributed by atoms with Crippen LogP contribution < -0.4 is 10.1 Å². The van der Waals surface area contributed by atoms with Crippen LogP contribution in [0, 0.1) is 0 Å². The summed E-state index contributed by atoms with van der Waals surface area (Å²) in [6.07, 6.45) is 11.9. The van der Waals surface area contributed by atoms with Crippen LogP contribution in [-0.2, 0) is 11.3 Å². The number of nitrogens with one attached hydrogen (secondary N) is 1. The van der Waals surface area contributed by atoms with Crippen molar-refractivity contribution in [2.75, 3.05) is 18.4 Å². The third kappa shape index (κ3) is 7.35. The molecule has 4 rings (SSSR count). The van der Waals surface area contributed by atoms with Gasteiger partial charge in [0.1, 0.15) is 11.5 Å². The summed E-state index contributed by atoms with van der Waals surface area (Å²) >= 11 is 0. The van der Waals surface area contributed by atoms with Gasteiger partial charge in [-0.3, -0.25) is 19.7 Å². The molecule has 2 aromatic heterocycles. The van der Waals surface area contributed by atoms with Crippen LogP contribution in [0.2, 0.25) is 0 Å². The molecule has 0 radical (unpaired) electrons. The number of piperidine rings is 1. The molecular formula is C23H28N4O2. The molecule has 1 aliphatic rings. The van der Waals surface area contributed by atoms with Crippen LogP contribution in [0.5, 0.6) is 11.5 Å². The van der Waals surface area contributed by atoms with Crippen LogP contribution in [0.25, 0.3) is 0 Å². The number of benzene rings is 1. The number of hydrogen-bond donors (Lipinski definition) is 1. The highest BCUT2D eigenvalue weighted by atomic mass is 16.5. The van der Waals surface area contributed by atoms with Crippen LogP contribution in [0.4, 0.5) is 5.69 Å². The number of hydrogen-bond acceptors (Lipinski definition) is 5. The lowest BCUT2D eigenvalue weighted by atomic mass is 10.1. The standard InChI is InChI=1S/C12H10N2O2.C11H16N2.H2/c15-9-14-10-3-5-11(6-4-10)16-12-2-1-7-13-8-12;1-2-7-13(8-3-1)10-11-5-4-6-12-9-11;/h1-9H,(H,14,15);4-6,9H,1-3,7-8,10H2;1H. The van der Waals surface area contributed by atoms with Crippen molar-refractivity contribution >= 4 is 12.1 Å². The predicted octanol–water partition coefficient (Wildman–Crippen LogP) is 4.76. The van der Waals surface area contributed by atoms with E-state index in [9.17, 15) is 4.79 Å². The zero-order valence-electron chi connectivity index (χ0n) is 16.4. The molecule has 0 unspecified atom stereocenters. The Morgan fingerprint density at radius 2 is 1.66 bits per heavy atom. The molecule has 1 fully saturated rings. The number of pyridine rings is 2. The minimum atomic E-state index is 0. The van der Waals surface area contributed by atoms with Crippen LogP contribution in [0.15, 0.2) is 73.3 Å². The third-order valence-corrected chi connectivity index (χ3v) is 4.53. The van der Waals surface area contributed by atoms with Gasteiger partial charge in [0, 0.05) is 32.2 Å². The van der Waals surface area contributed by atoms with E-state index in [0.29, 0.717) is 17.9 Å². The molecule has 0 atom stereocenters. The number of carbonyl (C=O) groups is 1. The van der Waals surface area contributed by atoms with Gasteiger partial charge in [0.25, 0.3) is 0 Å². The Morgan fingerprint density at radius 1 is 0.931 bits per heavy atom. The number of ether oxygens (including phenoxy) is 1. The van der Waals surface area contributed by atoms with Crippen LogP contribution in [0.1, 0.15) is 26.3 Å². The van der Waals surface area contributed by atoms with Crippen molar-refractivity contribution in [2.24, 2.45) is 0 Å². The van der Waals surface area contributed by atoms with E-state index in [1.807, 2.05) is 24.5 Å². The smallest absolute Gasteiger partial charge is 0.211 e. The first-order valence-electron chi connectivity index (χ1n) is 9.83. The van der Waals surface area contributed by atoms with E-state index < -0.39 is 0 Å². The lowest BCUT2D eigenvalue weighted by Crippen LogP contribution is -2.29. The number of anilines is 1. The van der Waals surface area contributed by atoms with Crippen LogP contribution >= 0.6 is 0 Å². The first kappa shape index (κ1) is 20.5. The minimum Gasteiger partial charge on any atom is -0.456 e. The van der Waals surface area contributed by atoms with Crippen LogP contribution in [0.3, 0.4) is 0 Å². The molecule has 1 amide bonds. The molecule has 29 heavy (non-hydrogen) atoms. The van der Waals surface area contributed by atoms with Gasteiger partial charge in [0.15, 0.2) is 0 Å². The van der Waals surface area contributed by atoms with Crippen LogP contribution in [-0.4, -0.2) is 34.4 Å². The molecule has 6 nitrogen and oxygen atoms in total. The van der Waals surface area contributed by atoms with Crippen molar-refractivity contribution in [3.8, 4) is 11.5 Å². The number of aromatic nitrogens is 2. The molecule has 1 aliphatic heterocycles. The van der Waals surface area contributed by atoms with E-state index >= 15 is 0 Å². The van der Waals surface area contributed by atoms with Gasteiger partial charge in [0.05, 0.1) is 6.20 Å². The van der Waals surface area contributed by atoms with Gasteiger partial charge >= 0.3 is 0 Å². The second kappa shape index (κ2) is 11.6. The number of rotatable bonds is 6. The Labute approximate surface area is 173 Å². The summed E-state index contributed by atoms with van der Waals surface area (Å²) in [5.41, 5.74) is 2.07. The summed E-state index contributed by atoms with van der Waals surface area (Å²) < 4.78 is 5.53. The Morgan fingerprint density at radius 3 is 2.28 bits per heavy atom. The van der Waals surface area contributed by atoms with Crippen molar-refractivity contribution in [1.82, 2.24) is 14.9 Å². The molecule has 6 heteroatoms. The van der Waals surface area contributed by atoms with Gasteiger partial charge in [-0.1, -0.05) is 12.5 Å². The third-order valence-electron chi connectivity index (χ3n) is 4.53. The van der Waals surface area contributed by atoms with Crippen molar-refractivity contribution in [3.63, 3.8) is 0 Å². The van der Waals surface area contributed by atoms with E-state index in [1.165, 1.54) is 37.9 Å². The molecular weight excluding hydrogens is 364 g/mol. The summed E-state index contributed by atoms with van der Waals surface area (Å²) in [6.45, 7) is 3.59. The van der Waals surface area contributed by atoms with Gasteiger partial charge in [0.2, 0.25) is 6.41 Å². The molecule has 0 saturated carbocycles. The van der Waals surface area contributed by atoms with E-state index in [-0.39, 0.29) is 1.43 Å². The first-order chi connectivity index (χ1) is 14.3. The first-order valence-corrected chi connectivity index (χ1v) is 9.83. The monoisotopic (exact) mass is 392 g/mol. The minimum absolute atomic E-state index is 0. The second-order valence-electron chi connectivity index (χ2n) is 6.78. The fourth-order valence-electron chi connectivity index (χ4n) is 3.10. The second-order valence-corrected chi connectivity index (χ2v) is 6.78. The maximum atomic E-state index is 10.2. The lowest BCUT2D eigenvalue weighted by Gasteiger charge is -2.26. The summed E-state index contributed by atoms with van der Waals surface area (Å²) in [7, 11) is 0. The van der Waals surface area contributed by atoms with E-state index in [4.69, 9.17) is 4.74 Å². The average molecular weight is 393 g/mol. The fraction of sp³-hybridized carbons (Fsp3) is 0.261. The summed E-state index contributed by atoms with van der Waals surface area (Å²) in [5, 5.41) is 2.55. The molecule has 1 N–H and O–H groups in total. The highest BCUT2D eigenvalue weighted by molar-refractivity contribution is 5.71. The quantitative estimate of drug-likeness (QED) is 0.613. The highest BCUT2D eigenvalue weighted by Gasteiger charge is 2.09. The van der Waals surface area contributed by atoms with Crippen molar-refractivity contribution in [2.45, 2.75) is 25.8 Å². The summed E-state index contributed by atoms with van der Waals surface area (Å²) in [6, 6.07) is 14.9. The Bertz CT molecular complexity index is 842. The maximum Gasteiger partial charge on any atom is 0.211 e. The number of amides is 1. The van der Waals surface area contributed by atoms with Gasteiger partial charge in [-0.15, -0.1) is 0 Å². The molecule has 3 aromatic rings. The largest absolute Gasteiger partial charge is 0.456 e. The molecule has 3 heterocycles. The van der Waals surface area contributed by atoms with Gasteiger partial charge in [-0.2, -0.15) is 0 Å². The normalized spacial score (nSPS) is 13.7. The molecule has 0 bridgehead atoms. The van der Waals surface area contributed by atoms with Gasteiger partial charge < -0.3 is 10.1 Å². The summed E-state index contributed by atoms with van der Waals surface area (Å²) in [4.78, 5) is 20.8. The maximum absolute atomic E-state index is 10.2. The molecule has 152 valence electrons. The molecule has 0 spiro atoms.